The van der Waals surface area contributed by atoms with Gasteiger partial charge in [0.2, 0.25) is 12.7 Å². The van der Waals surface area contributed by atoms with Crippen LogP contribution in [0.2, 0.25) is 0 Å². The van der Waals surface area contributed by atoms with Crippen LogP contribution >= 0.6 is 0 Å². The zero-order valence-electron chi connectivity index (χ0n) is 14.5. The lowest BCUT2D eigenvalue weighted by Gasteiger charge is -2.28. The zero-order valence-corrected chi connectivity index (χ0v) is 14.5. The van der Waals surface area contributed by atoms with Gasteiger partial charge in [0, 0.05) is 6.04 Å². The van der Waals surface area contributed by atoms with Crippen LogP contribution in [0.5, 0.6) is 11.5 Å². The number of likely N-dealkylation sites (N-methyl/N-ethyl adjacent to an activating group) is 1. The van der Waals surface area contributed by atoms with Gasteiger partial charge in [0.25, 0.3) is 0 Å². The molecule has 0 bridgehead atoms. The van der Waals surface area contributed by atoms with Gasteiger partial charge in [-0.15, -0.1) is 0 Å². The number of benzene rings is 1. The Morgan fingerprint density at radius 3 is 2.76 bits per heavy atom. The fraction of sp³-hybridized carbons (Fsp3) is 0.529. The normalized spacial score (nSPS) is 15.0. The van der Waals surface area contributed by atoms with E-state index in [4.69, 9.17) is 20.3 Å². The standard InChI is InChI=1S/C17H25N3O5/c1-3-20(9-19-17(23)13(18)8-16(21)22)11(2)6-12-4-5-14-15(7-12)25-10-24-14/h4-5,7,11,13H,3,6,8-10,18H2,1-2H3,(H,19,23)(H,21,22). The van der Waals surface area contributed by atoms with Crippen molar-refractivity contribution in [3.8, 4) is 11.5 Å². The predicted molar refractivity (Wildman–Crippen MR) is 91.3 cm³/mol. The molecule has 4 N–H and O–H groups in total. The summed E-state index contributed by atoms with van der Waals surface area (Å²) in [6.07, 6.45) is 0.395. The SMILES string of the molecule is CCN(CNC(=O)C(N)CC(=O)O)C(C)Cc1ccc2c(c1)OCO2. The summed E-state index contributed by atoms with van der Waals surface area (Å²) in [6.45, 7) is 5.36. The number of carbonyl (C=O) groups excluding carboxylic acids is 1. The summed E-state index contributed by atoms with van der Waals surface area (Å²) in [7, 11) is 0. The lowest BCUT2D eigenvalue weighted by atomic mass is 10.1. The second-order valence-electron chi connectivity index (χ2n) is 6.05. The fourth-order valence-corrected chi connectivity index (χ4v) is 2.71. The number of hydrogen-bond donors (Lipinski definition) is 3. The van der Waals surface area contributed by atoms with Crippen LogP contribution in [0.15, 0.2) is 18.2 Å². The van der Waals surface area contributed by atoms with E-state index in [-0.39, 0.29) is 19.3 Å². The van der Waals surface area contributed by atoms with Crippen molar-refractivity contribution >= 4 is 11.9 Å². The molecular formula is C17H25N3O5. The Kier molecular flexibility index (Phi) is 6.60. The van der Waals surface area contributed by atoms with Gasteiger partial charge in [-0.1, -0.05) is 13.0 Å². The van der Waals surface area contributed by atoms with Gasteiger partial charge in [0.15, 0.2) is 11.5 Å². The monoisotopic (exact) mass is 351 g/mol. The number of carbonyl (C=O) groups is 2. The van der Waals surface area contributed by atoms with Crippen molar-refractivity contribution in [2.75, 3.05) is 20.0 Å². The van der Waals surface area contributed by atoms with Crippen molar-refractivity contribution < 1.29 is 24.2 Å². The highest BCUT2D eigenvalue weighted by molar-refractivity contribution is 5.85. The second kappa shape index (κ2) is 8.68. The molecule has 0 fully saturated rings. The molecule has 1 heterocycles. The maximum Gasteiger partial charge on any atom is 0.305 e. The number of carboxylic acid groups (broad SMARTS) is 1. The van der Waals surface area contributed by atoms with Gasteiger partial charge in [-0.3, -0.25) is 14.5 Å². The van der Waals surface area contributed by atoms with Crippen molar-refractivity contribution in [3.63, 3.8) is 0 Å². The van der Waals surface area contributed by atoms with E-state index in [2.05, 4.69) is 17.1 Å². The number of ether oxygens (including phenoxy) is 2. The number of rotatable bonds is 9. The maximum atomic E-state index is 11.9. The second-order valence-corrected chi connectivity index (χ2v) is 6.05. The van der Waals surface area contributed by atoms with Gasteiger partial charge in [-0.2, -0.15) is 0 Å². The summed E-state index contributed by atoms with van der Waals surface area (Å²) in [4.78, 5) is 24.5. The average molecular weight is 351 g/mol. The summed E-state index contributed by atoms with van der Waals surface area (Å²) < 4.78 is 10.7. The van der Waals surface area contributed by atoms with E-state index in [9.17, 15) is 9.59 Å². The first-order chi connectivity index (χ1) is 11.9. The third-order valence-corrected chi connectivity index (χ3v) is 4.19. The molecule has 8 nitrogen and oxygen atoms in total. The van der Waals surface area contributed by atoms with Crippen LogP contribution in [0.4, 0.5) is 0 Å². The van der Waals surface area contributed by atoms with E-state index in [1.807, 2.05) is 25.1 Å². The fourth-order valence-electron chi connectivity index (χ4n) is 2.71. The van der Waals surface area contributed by atoms with E-state index >= 15 is 0 Å². The number of amides is 1. The molecule has 0 saturated heterocycles. The zero-order chi connectivity index (χ0) is 18.4. The van der Waals surface area contributed by atoms with Crippen LogP contribution in [0, 0.1) is 0 Å². The smallest absolute Gasteiger partial charge is 0.305 e. The highest BCUT2D eigenvalue weighted by atomic mass is 16.7. The number of nitrogens with one attached hydrogen (secondary N) is 1. The first-order valence-electron chi connectivity index (χ1n) is 8.28. The molecule has 1 aromatic rings. The first-order valence-corrected chi connectivity index (χ1v) is 8.28. The van der Waals surface area contributed by atoms with Crippen molar-refractivity contribution in [3.05, 3.63) is 23.8 Å². The van der Waals surface area contributed by atoms with E-state index in [0.29, 0.717) is 6.67 Å². The first kappa shape index (κ1) is 19.0. The molecule has 138 valence electrons. The highest BCUT2D eigenvalue weighted by Crippen LogP contribution is 2.32. The van der Waals surface area contributed by atoms with Gasteiger partial charge < -0.3 is 25.6 Å². The Bertz CT molecular complexity index is 622. The minimum atomic E-state index is -1.09. The summed E-state index contributed by atoms with van der Waals surface area (Å²) in [6, 6.07) is 4.99. The van der Waals surface area contributed by atoms with E-state index in [0.717, 1.165) is 30.0 Å². The molecule has 0 saturated carbocycles. The molecule has 2 atom stereocenters. The third kappa shape index (κ3) is 5.33. The average Bonchev–Trinajstić information content (AvgIpc) is 3.02. The van der Waals surface area contributed by atoms with Gasteiger partial charge in [-0.25, -0.2) is 0 Å². The largest absolute Gasteiger partial charge is 0.481 e. The Labute approximate surface area is 146 Å². The van der Waals surface area contributed by atoms with Gasteiger partial charge >= 0.3 is 5.97 Å². The molecular weight excluding hydrogens is 326 g/mol. The number of aliphatic carboxylic acids is 1. The molecule has 2 rings (SSSR count). The molecule has 1 amide bonds. The lowest BCUT2D eigenvalue weighted by molar-refractivity contribution is -0.139. The lowest BCUT2D eigenvalue weighted by Crippen LogP contribution is -2.48. The van der Waals surface area contributed by atoms with Gasteiger partial charge in [0.05, 0.1) is 19.1 Å². The summed E-state index contributed by atoms with van der Waals surface area (Å²) >= 11 is 0. The number of carboxylic acids is 1. The number of nitrogens with zero attached hydrogens (tertiary/aromatic N) is 1. The summed E-state index contributed by atoms with van der Waals surface area (Å²) in [5, 5.41) is 11.4. The van der Waals surface area contributed by atoms with Crippen molar-refractivity contribution in [2.45, 2.75) is 38.8 Å². The topological polar surface area (TPSA) is 114 Å². The Morgan fingerprint density at radius 1 is 1.36 bits per heavy atom. The molecule has 0 radical (unpaired) electrons. The number of nitrogens with two attached hydrogens (primary N) is 1. The molecule has 1 aliphatic rings. The molecule has 8 heteroatoms. The maximum absolute atomic E-state index is 11.9. The van der Waals surface area contributed by atoms with Crippen LogP contribution in [-0.2, 0) is 16.0 Å². The van der Waals surface area contributed by atoms with E-state index in [1.54, 1.807) is 0 Å². The van der Waals surface area contributed by atoms with Crippen LogP contribution in [0.1, 0.15) is 25.8 Å². The van der Waals surface area contributed by atoms with E-state index < -0.39 is 17.9 Å². The summed E-state index contributed by atoms with van der Waals surface area (Å²) in [5.74, 6) is -0.0496. The van der Waals surface area contributed by atoms with Crippen LogP contribution in [-0.4, -0.2) is 54.0 Å². The Hall–Kier alpha value is -2.32. The number of fused-ring (bicyclic) bond motifs is 1. The van der Waals surface area contributed by atoms with Crippen LogP contribution < -0.4 is 20.5 Å². The molecule has 2 unspecified atom stereocenters. The van der Waals surface area contributed by atoms with Gasteiger partial charge in [-0.05, 0) is 37.6 Å². The molecule has 0 spiro atoms. The quantitative estimate of drug-likeness (QED) is 0.557. The van der Waals surface area contributed by atoms with Crippen molar-refractivity contribution in [1.29, 1.82) is 0 Å². The predicted octanol–water partition coefficient (Wildman–Crippen LogP) is 0.544. The van der Waals surface area contributed by atoms with E-state index in [1.165, 1.54) is 0 Å². The summed E-state index contributed by atoms with van der Waals surface area (Å²) in [5.41, 5.74) is 6.68. The molecule has 0 aliphatic carbocycles. The molecule has 1 aliphatic heterocycles. The molecule has 25 heavy (non-hydrogen) atoms. The number of hydrogen-bond acceptors (Lipinski definition) is 6. The minimum absolute atomic E-state index is 0.168. The van der Waals surface area contributed by atoms with Crippen LogP contribution in [0.3, 0.4) is 0 Å². The van der Waals surface area contributed by atoms with Crippen LogP contribution in [0.25, 0.3) is 0 Å². The van der Waals surface area contributed by atoms with Gasteiger partial charge in [0.1, 0.15) is 0 Å². The highest BCUT2D eigenvalue weighted by Gasteiger charge is 2.20. The molecule has 1 aromatic carbocycles. The van der Waals surface area contributed by atoms with Crippen molar-refractivity contribution in [1.82, 2.24) is 10.2 Å². The minimum Gasteiger partial charge on any atom is -0.481 e. The van der Waals surface area contributed by atoms with Crippen molar-refractivity contribution in [2.24, 2.45) is 5.73 Å². The Balaban J connectivity index is 1.87. The Morgan fingerprint density at radius 2 is 2.08 bits per heavy atom. The molecule has 0 aromatic heterocycles. The third-order valence-electron chi connectivity index (χ3n) is 4.19.